The zero-order valence-electron chi connectivity index (χ0n) is 35.0. The van der Waals surface area contributed by atoms with Crippen LogP contribution in [0.1, 0.15) is 138 Å². The van der Waals surface area contributed by atoms with Crippen molar-refractivity contribution in [3.8, 4) is 5.75 Å². The molecule has 0 unspecified atom stereocenters. The van der Waals surface area contributed by atoms with Gasteiger partial charge in [0.1, 0.15) is 11.9 Å². The number of amides is 2. The van der Waals surface area contributed by atoms with Crippen LogP contribution in [0, 0.1) is 25.7 Å². The Morgan fingerprint density at radius 1 is 1.00 bits per heavy atom. The number of likely N-dealkylation sites (N-methyl/N-ethyl adjacent to an activating group) is 1. The third kappa shape index (κ3) is 13.1. The van der Waals surface area contributed by atoms with Crippen molar-refractivity contribution in [3.05, 3.63) is 58.4 Å². The van der Waals surface area contributed by atoms with Crippen LogP contribution in [0.4, 0.5) is 5.69 Å². The number of nitrogens with zero attached hydrogens (tertiary/aromatic N) is 1. The molecule has 12 heteroatoms. The number of aliphatic hydroxyl groups excluding tert-OH is 2. The average Bonchev–Trinajstić information content (AvgIpc) is 3.74. The molecule has 1 aromatic carbocycles. The topological polar surface area (TPSA) is 170 Å². The smallest absolute Gasteiger partial charge is 0.311 e. The van der Waals surface area contributed by atoms with Gasteiger partial charge in [0.25, 0.3) is 11.8 Å². The Kier molecular flexibility index (Phi) is 18.0. The van der Waals surface area contributed by atoms with Crippen molar-refractivity contribution in [1.29, 1.82) is 0 Å². The zero-order valence-corrected chi connectivity index (χ0v) is 35.0. The van der Waals surface area contributed by atoms with Gasteiger partial charge in [-0.3, -0.25) is 19.2 Å². The molecule has 314 valence electrons. The van der Waals surface area contributed by atoms with Crippen LogP contribution < -0.4 is 15.4 Å². The fraction of sp³-hybridized carbons (Fsp3) is 0.600. The maximum atomic E-state index is 13.1. The van der Waals surface area contributed by atoms with Crippen LogP contribution in [0.25, 0.3) is 11.6 Å². The first-order valence-electron chi connectivity index (χ1n) is 21.1. The number of allylic oxidation sites excluding steroid dienone is 2. The molecular formula is C45H66N4O8. The Labute approximate surface area is 338 Å². The molecule has 1 aromatic heterocycles. The summed E-state index contributed by atoms with van der Waals surface area (Å²) in [5.41, 5.74) is 4.30. The van der Waals surface area contributed by atoms with Crippen LogP contribution in [-0.4, -0.2) is 88.3 Å². The second kappa shape index (κ2) is 22.6. The Balaban J connectivity index is 1.28. The lowest BCUT2D eigenvalue weighted by Crippen LogP contribution is -2.35. The van der Waals surface area contributed by atoms with Crippen LogP contribution in [0.5, 0.6) is 5.75 Å². The van der Waals surface area contributed by atoms with E-state index in [1.54, 1.807) is 24.3 Å². The fourth-order valence-corrected chi connectivity index (χ4v) is 8.23. The number of carbonyl (C=O) groups excluding carboxylic acids is 4. The van der Waals surface area contributed by atoms with Crippen LogP contribution in [0.15, 0.2) is 30.4 Å². The van der Waals surface area contributed by atoms with Crippen molar-refractivity contribution in [3.63, 3.8) is 0 Å². The second-order valence-electron chi connectivity index (χ2n) is 15.6. The fourth-order valence-electron chi connectivity index (χ4n) is 8.23. The van der Waals surface area contributed by atoms with Gasteiger partial charge in [0.15, 0.2) is 0 Å². The first kappa shape index (κ1) is 45.4. The summed E-state index contributed by atoms with van der Waals surface area (Å²) in [6.45, 7) is 14.6. The molecule has 57 heavy (non-hydrogen) atoms. The van der Waals surface area contributed by atoms with E-state index in [9.17, 15) is 29.4 Å². The number of aromatic nitrogens is 1. The second-order valence-corrected chi connectivity index (χ2v) is 15.6. The van der Waals surface area contributed by atoms with Crippen molar-refractivity contribution in [2.45, 2.75) is 137 Å². The number of benzene rings is 1. The van der Waals surface area contributed by atoms with Crippen LogP contribution in [-0.2, 0) is 19.1 Å². The molecule has 0 spiro atoms. The van der Waals surface area contributed by atoms with E-state index in [-0.39, 0.29) is 48.1 Å². The summed E-state index contributed by atoms with van der Waals surface area (Å²) in [5, 5.41) is 27.4. The molecule has 2 heterocycles. The van der Waals surface area contributed by atoms with Gasteiger partial charge in [0.2, 0.25) is 0 Å². The number of hydrogen-bond donors (Lipinski definition) is 5. The lowest BCUT2D eigenvalue weighted by molar-refractivity contribution is -0.147. The van der Waals surface area contributed by atoms with Crippen LogP contribution >= 0.6 is 0 Å². The minimum atomic E-state index is -0.595. The predicted octanol–water partition coefficient (Wildman–Crippen LogP) is 7.26. The van der Waals surface area contributed by atoms with Crippen molar-refractivity contribution in [1.82, 2.24) is 15.2 Å². The molecule has 1 aliphatic heterocycles. The number of anilines is 1. The van der Waals surface area contributed by atoms with Crippen molar-refractivity contribution >= 4 is 41.1 Å². The number of rotatable bonds is 23. The standard InChI is InChI=1S/C45H66N4O8/c1-7-10-11-14-17-32(56-31(6)50)20-22-35-34(40(51)28-41(35)52)18-15-12-13-16-19-42(53)57-33-21-23-38-36(26-33)37(44(54)48-38)27-39-29(4)43(30(5)47-39)45(55)46-24-25-49(8-2)9-3/h12,15,21,23,26-27,32,34-35,40-41,47,51-52H,7-11,13-14,16-20,22,24-25,28H2,1-6H3,(H,46,55)(H,48,54)/b15-12-,37-27-/t32-,34+,35+,40-,41+/m0/s1. The van der Waals surface area contributed by atoms with E-state index in [1.165, 1.54) is 6.92 Å². The number of unbranched alkanes of at least 4 members (excludes halogenated alkanes) is 4. The van der Waals surface area contributed by atoms with Crippen molar-refractivity contribution < 1.29 is 38.9 Å². The van der Waals surface area contributed by atoms with E-state index < -0.39 is 12.2 Å². The summed E-state index contributed by atoms with van der Waals surface area (Å²) in [6.07, 6.45) is 13.4. The molecule has 0 saturated heterocycles. The summed E-state index contributed by atoms with van der Waals surface area (Å²) < 4.78 is 11.3. The highest BCUT2D eigenvalue weighted by Crippen LogP contribution is 2.39. The normalized spacial score (nSPS) is 20.3. The monoisotopic (exact) mass is 790 g/mol. The van der Waals surface area contributed by atoms with Gasteiger partial charge in [0, 0.05) is 49.1 Å². The van der Waals surface area contributed by atoms with Crippen molar-refractivity contribution in [2.75, 3.05) is 31.5 Å². The Hall–Kier alpha value is -4.26. The molecule has 2 aromatic rings. The summed E-state index contributed by atoms with van der Waals surface area (Å²) >= 11 is 0. The minimum absolute atomic E-state index is 0.0749. The quantitative estimate of drug-likeness (QED) is 0.0256. The van der Waals surface area contributed by atoms with Gasteiger partial charge in [-0.15, -0.1) is 0 Å². The molecule has 5 atom stereocenters. The Morgan fingerprint density at radius 3 is 2.47 bits per heavy atom. The number of hydrogen-bond acceptors (Lipinski definition) is 9. The highest BCUT2D eigenvalue weighted by atomic mass is 16.5. The third-order valence-electron chi connectivity index (χ3n) is 11.5. The average molecular weight is 791 g/mol. The molecule has 12 nitrogen and oxygen atoms in total. The predicted molar refractivity (Wildman–Crippen MR) is 224 cm³/mol. The van der Waals surface area contributed by atoms with E-state index in [0.29, 0.717) is 84.6 Å². The molecule has 0 bridgehead atoms. The van der Waals surface area contributed by atoms with Gasteiger partial charge in [-0.25, -0.2) is 0 Å². The van der Waals surface area contributed by atoms with E-state index in [0.717, 1.165) is 57.3 Å². The molecule has 0 radical (unpaired) electrons. The van der Waals surface area contributed by atoms with Crippen LogP contribution in [0.3, 0.4) is 0 Å². The van der Waals surface area contributed by atoms with E-state index in [2.05, 4.69) is 41.3 Å². The number of carbonyl (C=O) groups is 4. The van der Waals surface area contributed by atoms with Gasteiger partial charge in [-0.05, 0) is 120 Å². The van der Waals surface area contributed by atoms with Gasteiger partial charge >= 0.3 is 11.9 Å². The van der Waals surface area contributed by atoms with E-state index >= 15 is 0 Å². The van der Waals surface area contributed by atoms with Gasteiger partial charge in [-0.2, -0.15) is 0 Å². The summed E-state index contributed by atoms with van der Waals surface area (Å²) in [5.74, 6) is -0.941. The molecular weight excluding hydrogens is 725 g/mol. The number of nitrogens with one attached hydrogen (secondary N) is 3. The minimum Gasteiger partial charge on any atom is -0.463 e. The van der Waals surface area contributed by atoms with Crippen molar-refractivity contribution in [2.24, 2.45) is 11.8 Å². The van der Waals surface area contributed by atoms with Gasteiger partial charge in [0.05, 0.1) is 23.3 Å². The molecule has 1 fully saturated rings. The molecule has 2 amide bonds. The van der Waals surface area contributed by atoms with Gasteiger partial charge in [-0.1, -0.05) is 52.2 Å². The largest absolute Gasteiger partial charge is 0.463 e. The van der Waals surface area contributed by atoms with Gasteiger partial charge < -0.3 is 40.2 Å². The van der Waals surface area contributed by atoms with E-state index in [4.69, 9.17) is 9.47 Å². The molecule has 5 N–H and O–H groups in total. The molecule has 1 saturated carbocycles. The third-order valence-corrected chi connectivity index (χ3v) is 11.5. The number of aliphatic hydroxyl groups is 2. The summed E-state index contributed by atoms with van der Waals surface area (Å²) in [6, 6.07) is 5.05. The number of aryl methyl sites for hydroxylation is 1. The summed E-state index contributed by atoms with van der Waals surface area (Å²) in [4.78, 5) is 56.2. The highest BCUT2D eigenvalue weighted by molar-refractivity contribution is 6.35. The van der Waals surface area contributed by atoms with Crippen LogP contribution in [0.2, 0.25) is 0 Å². The number of esters is 2. The SMILES string of the molecule is CCCCCC[C@@H](CC[C@@H]1[C@@H](C/C=C\CCCC(=O)Oc2ccc3c(c2)/C(=C/c2[nH]c(C)c(C(=O)NCCN(CC)CC)c2C)C(=O)N3)[C@@H](O)C[C@H]1O)OC(C)=O. The molecule has 1 aliphatic carbocycles. The van der Waals surface area contributed by atoms with E-state index in [1.807, 2.05) is 26.0 Å². The Morgan fingerprint density at radius 2 is 1.75 bits per heavy atom. The zero-order chi connectivity index (χ0) is 41.5. The number of H-pyrrole nitrogens is 1. The highest BCUT2D eigenvalue weighted by Gasteiger charge is 2.41. The maximum absolute atomic E-state index is 13.1. The number of fused-ring (bicyclic) bond motifs is 1. The molecule has 2 aliphatic rings. The number of ether oxygens (including phenoxy) is 2. The molecule has 4 rings (SSSR count). The number of aromatic amines is 1. The lowest BCUT2D eigenvalue weighted by Gasteiger charge is -2.25. The Bertz CT molecular complexity index is 1730. The first-order chi connectivity index (χ1) is 27.4. The summed E-state index contributed by atoms with van der Waals surface area (Å²) in [7, 11) is 0. The maximum Gasteiger partial charge on any atom is 0.311 e. The first-order valence-corrected chi connectivity index (χ1v) is 21.1. The lowest BCUT2D eigenvalue weighted by atomic mass is 9.85.